The van der Waals surface area contributed by atoms with Crippen LogP contribution in [0.5, 0.6) is 0 Å². The van der Waals surface area contributed by atoms with Gasteiger partial charge in [0.15, 0.2) is 0 Å². The summed E-state index contributed by atoms with van der Waals surface area (Å²) in [5.74, 6) is 0. The molecule has 2 atom stereocenters. The number of hydrogen-bond acceptors (Lipinski definition) is 2. The minimum Gasteiger partial charge on any atom is -0.372 e. The van der Waals surface area contributed by atoms with Crippen molar-refractivity contribution in [2.75, 3.05) is 6.54 Å². The lowest BCUT2D eigenvalue weighted by molar-refractivity contribution is -0.0463. The molecule has 0 radical (unpaired) electrons. The van der Waals surface area contributed by atoms with Crippen molar-refractivity contribution in [1.29, 1.82) is 0 Å². The summed E-state index contributed by atoms with van der Waals surface area (Å²) in [6.45, 7) is 0.761. The zero-order chi connectivity index (χ0) is 14.3. The fourth-order valence-corrected chi connectivity index (χ4v) is 5.13. The van der Waals surface area contributed by atoms with Crippen LogP contribution < -0.4 is 5.73 Å². The molecule has 3 aliphatic rings. The number of nitrogens with two attached hydrogens (primary N) is 1. The molecule has 1 aromatic carbocycles. The van der Waals surface area contributed by atoms with Crippen molar-refractivity contribution in [2.45, 2.75) is 74.9 Å². The Hall–Kier alpha value is -0.860. The van der Waals surface area contributed by atoms with Crippen molar-refractivity contribution < 1.29 is 4.74 Å². The van der Waals surface area contributed by atoms with Crippen LogP contribution in [-0.2, 0) is 16.6 Å². The fourth-order valence-electron chi connectivity index (χ4n) is 5.13. The summed E-state index contributed by atoms with van der Waals surface area (Å²) in [5, 5.41) is 0. The molecule has 2 unspecified atom stereocenters. The molecule has 2 heteroatoms. The number of ether oxygens (including phenoxy) is 1. The molecular weight excluding hydrogens is 258 g/mol. The van der Waals surface area contributed by atoms with Crippen LogP contribution in [0.1, 0.15) is 62.5 Å². The topological polar surface area (TPSA) is 35.2 Å². The first-order valence-corrected chi connectivity index (χ1v) is 8.72. The molecule has 2 N–H and O–H groups in total. The van der Waals surface area contributed by atoms with Crippen LogP contribution in [0.2, 0.25) is 0 Å². The summed E-state index contributed by atoms with van der Waals surface area (Å²) < 4.78 is 6.56. The summed E-state index contributed by atoms with van der Waals surface area (Å²) in [4.78, 5) is 0. The monoisotopic (exact) mass is 285 g/mol. The second-order valence-corrected chi connectivity index (χ2v) is 7.51. The maximum atomic E-state index is 6.56. The summed E-state index contributed by atoms with van der Waals surface area (Å²) in [5.41, 5.74) is 9.69. The first kappa shape index (κ1) is 13.8. The van der Waals surface area contributed by atoms with Gasteiger partial charge in [0.1, 0.15) is 0 Å². The Morgan fingerprint density at radius 1 is 1.10 bits per heavy atom. The summed E-state index contributed by atoms with van der Waals surface area (Å²) >= 11 is 0. The molecule has 0 bridgehead atoms. The largest absolute Gasteiger partial charge is 0.372 e. The van der Waals surface area contributed by atoms with Gasteiger partial charge < -0.3 is 10.5 Å². The Labute approximate surface area is 128 Å². The lowest BCUT2D eigenvalue weighted by Crippen LogP contribution is -2.37. The third-order valence-corrected chi connectivity index (χ3v) is 6.32. The fraction of sp³-hybridized carbons (Fsp3) is 0.684. The molecule has 2 fully saturated rings. The van der Waals surface area contributed by atoms with Gasteiger partial charge in [-0.1, -0.05) is 37.1 Å². The van der Waals surface area contributed by atoms with Gasteiger partial charge in [-0.15, -0.1) is 0 Å². The predicted octanol–water partition coefficient (Wildman–Crippen LogP) is 3.71. The highest BCUT2D eigenvalue weighted by molar-refractivity contribution is 5.40. The van der Waals surface area contributed by atoms with Gasteiger partial charge in [-0.25, -0.2) is 0 Å². The van der Waals surface area contributed by atoms with Crippen LogP contribution >= 0.6 is 0 Å². The Kier molecular flexibility index (Phi) is 3.35. The van der Waals surface area contributed by atoms with Gasteiger partial charge >= 0.3 is 0 Å². The average Bonchev–Trinajstić information content (AvgIpc) is 3.22. The molecule has 0 amide bonds. The second-order valence-electron chi connectivity index (χ2n) is 7.51. The standard InChI is InChI=1S/C19H27NO/c20-14-18(11-7-15-5-1-2-6-17(15)18)13-16-8-12-19(21-16)9-3-4-10-19/h1-2,5-6,16H,3-4,7-14,20H2. The van der Waals surface area contributed by atoms with E-state index in [1.165, 1.54) is 62.5 Å². The quantitative estimate of drug-likeness (QED) is 0.919. The van der Waals surface area contributed by atoms with E-state index in [1.54, 1.807) is 0 Å². The lowest BCUT2D eigenvalue weighted by atomic mass is 9.76. The van der Waals surface area contributed by atoms with Crippen LogP contribution in [0.3, 0.4) is 0 Å². The normalized spacial score (nSPS) is 33.7. The Bertz CT molecular complexity index is 520. The number of aryl methyl sites for hydroxylation is 1. The van der Waals surface area contributed by atoms with Crippen molar-refractivity contribution in [3.63, 3.8) is 0 Å². The third-order valence-electron chi connectivity index (χ3n) is 6.32. The highest BCUT2D eigenvalue weighted by Gasteiger charge is 2.46. The van der Waals surface area contributed by atoms with Gasteiger partial charge in [0.2, 0.25) is 0 Å². The van der Waals surface area contributed by atoms with Crippen molar-refractivity contribution in [2.24, 2.45) is 5.73 Å². The van der Waals surface area contributed by atoms with Crippen LogP contribution in [0.15, 0.2) is 24.3 Å². The molecule has 1 spiro atoms. The zero-order valence-electron chi connectivity index (χ0n) is 12.9. The number of fused-ring (bicyclic) bond motifs is 1. The van der Waals surface area contributed by atoms with Crippen LogP contribution in [0.25, 0.3) is 0 Å². The van der Waals surface area contributed by atoms with Gasteiger partial charge in [-0.2, -0.15) is 0 Å². The molecule has 1 heterocycles. The molecule has 2 aliphatic carbocycles. The molecule has 4 rings (SSSR count). The molecule has 0 aromatic heterocycles. The van der Waals surface area contributed by atoms with E-state index in [4.69, 9.17) is 10.5 Å². The van der Waals surface area contributed by atoms with Crippen LogP contribution in [-0.4, -0.2) is 18.2 Å². The minimum absolute atomic E-state index is 0.172. The summed E-state index contributed by atoms with van der Waals surface area (Å²) in [6, 6.07) is 8.91. The van der Waals surface area contributed by atoms with E-state index in [0.29, 0.717) is 6.10 Å². The van der Waals surface area contributed by atoms with Crippen molar-refractivity contribution in [3.8, 4) is 0 Å². The molecule has 2 nitrogen and oxygen atoms in total. The summed E-state index contributed by atoms with van der Waals surface area (Å²) in [6.07, 6.45) is 11.8. The Morgan fingerprint density at radius 2 is 1.90 bits per heavy atom. The maximum Gasteiger partial charge on any atom is 0.0687 e. The van der Waals surface area contributed by atoms with Crippen LogP contribution in [0, 0.1) is 0 Å². The zero-order valence-corrected chi connectivity index (χ0v) is 12.9. The van der Waals surface area contributed by atoms with Gasteiger partial charge in [0.25, 0.3) is 0 Å². The molecule has 1 saturated carbocycles. The van der Waals surface area contributed by atoms with Gasteiger partial charge in [-0.3, -0.25) is 0 Å². The molecule has 1 saturated heterocycles. The van der Waals surface area contributed by atoms with E-state index in [1.807, 2.05) is 0 Å². The first-order chi connectivity index (χ1) is 10.3. The van der Waals surface area contributed by atoms with Gasteiger partial charge in [0, 0.05) is 12.0 Å². The maximum absolute atomic E-state index is 6.56. The van der Waals surface area contributed by atoms with Gasteiger partial charge in [0.05, 0.1) is 11.7 Å². The lowest BCUT2D eigenvalue weighted by Gasteiger charge is -2.33. The molecule has 114 valence electrons. The average molecular weight is 285 g/mol. The summed E-state index contributed by atoms with van der Waals surface area (Å²) in [7, 11) is 0. The predicted molar refractivity (Wildman–Crippen MR) is 85.4 cm³/mol. The molecular formula is C19H27NO. The van der Waals surface area contributed by atoms with E-state index < -0.39 is 0 Å². The number of rotatable bonds is 3. The van der Waals surface area contributed by atoms with Gasteiger partial charge in [-0.05, 0) is 56.1 Å². The SMILES string of the molecule is NCC1(CC2CCC3(CCCC3)O2)CCc2ccccc21. The third kappa shape index (κ3) is 2.24. The van der Waals surface area contributed by atoms with Crippen molar-refractivity contribution in [1.82, 2.24) is 0 Å². The van der Waals surface area contributed by atoms with E-state index in [2.05, 4.69) is 24.3 Å². The van der Waals surface area contributed by atoms with E-state index in [-0.39, 0.29) is 11.0 Å². The number of benzene rings is 1. The highest BCUT2D eigenvalue weighted by Crippen LogP contribution is 2.48. The Balaban J connectivity index is 1.53. The van der Waals surface area contributed by atoms with Crippen molar-refractivity contribution >= 4 is 0 Å². The molecule has 1 aliphatic heterocycles. The van der Waals surface area contributed by atoms with E-state index in [9.17, 15) is 0 Å². The molecule has 1 aromatic rings. The highest BCUT2D eigenvalue weighted by atomic mass is 16.5. The van der Waals surface area contributed by atoms with E-state index in [0.717, 1.165) is 13.0 Å². The first-order valence-electron chi connectivity index (χ1n) is 8.72. The number of hydrogen-bond donors (Lipinski definition) is 1. The molecule has 21 heavy (non-hydrogen) atoms. The smallest absolute Gasteiger partial charge is 0.0687 e. The van der Waals surface area contributed by atoms with E-state index >= 15 is 0 Å². The minimum atomic E-state index is 0.172. The van der Waals surface area contributed by atoms with Crippen molar-refractivity contribution in [3.05, 3.63) is 35.4 Å². The van der Waals surface area contributed by atoms with Crippen LogP contribution in [0.4, 0.5) is 0 Å². The Morgan fingerprint density at radius 3 is 2.71 bits per heavy atom. The second kappa shape index (κ2) is 5.10.